The van der Waals surface area contributed by atoms with Gasteiger partial charge in [-0.25, -0.2) is 0 Å². The Bertz CT molecular complexity index is 617. The second kappa shape index (κ2) is 10.1. The molecule has 0 aliphatic heterocycles. The Balaban J connectivity index is 2.99. The highest BCUT2D eigenvalue weighted by atomic mass is 32.1. The minimum atomic E-state index is -4.84. The number of hydrogen-bond donors (Lipinski definition) is 0. The van der Waals surface area contributed by atoms with Gasteiger partial charge in [0.1, 0.15) is 0 Å². The van der Waals surface area contributed by atoms with Crippen LogP contribution in [0.2, 0.25) is 0 Å². The van der Waals surface area contributed by atoms with E-state index in [0.29, 0.717) is 17.2 Å². The predicted octanol–water partition coefficient (Wildman–Crippen LogP) is 6.64. The summed E-state index contributed by atoms with van der Waals surface area (Å²) < 4.78 is 78.0. The van der Waals surface area contributed by atoms with Crippen LogP contribution >= 0.6 is 12.2 Å². The Morgan fingerprint density at radius 2 is 1.43 bits per heavy atom. The van der Waals surface area contributed by atoms with E-state index in [4.69, 9.17) is 12.2 Å². The molecule has 0 aromatic heterocycles. The largest absolute Gasteiger partial charge is 0.416 e. The van der Waals surface area contributed by atoms with Gasteiger partial charge in [-0.2, -0.15) is 26.3 Å². The molecule has 0 bridgehead atoms. The smallest absolute Gasteiger partial charge is 0.309 e. The number of rotatable bonds is 9. The summed E-state index contributed by atoms with van der Waals surface area (Å²) in [5, 5.41) is 0. The van der Waals surface area contributed by atoms with Crippen LogP contribution in [0.3, 0.4) is 0 Å². The number of benzene rings is 1. The Labute approximate surface area is 168 Å². The van der Waals surface area contributed by atoms with Crippen LogP contribution in [0.1, 0.15) is 49.8 Å². The van der Waals surface area contributed by atoms with E-state index in [2.05, 4.69) is 13.8 Å². The fourth-order valence-electron chi connectivity index (χ4n) is 3.09. The summed E-state index contributed by atoms with van der Waals surface area (Å²) in [6.45, 7) is 4.97. The fourth-order valence-corrected chi connectivity index (χ4v) is 3.49. The van der Waals surface area contributed by atoms with Gasteiger partial charge >= 0.3 is 12.4 Å². The van der Waals surface area contributed by atoms with Crippen molar-refractivity contribution in [1.29, 1.82) is 0 Å². The van der Waals surface area contributed by atoms with E-state index < -0.39 is 23.5 Å². The standard InChI is InChI=1S/C20H27F6NS/c1-13(2)5-6-14(12-27(3)4)9-18(28)10-15-7-16(19(21,22)23)11-17(8-15)20(24,25)26/h7-8,11,13-14H,5-6,9-10,12H2,1-4H3/t14-/m0/s1. The summed E-state index contributed by atoms with van der Waals surface area (Å²) in [5.74, 6) is 0.730. The van der Waals surface area contributed by atoms with E-state index in [9.17, 15) is 26.3 Å². The van der Waals surface area contributed by atoms with Gasteiger partial charge in [0.05, 0.1) is 11.1 Å². The minimum absolute atomic E-state index is 0.0559. The van der Waals surface area contributed by atoms with Gasteiger partial charge < -0.3 is 4.90 Å². The molecule has 1 rings (SSSR count). The summed E-state index contributed by atoms with van der Waals surface area (Å²) in [7, 11) is 3.85. The lowest BCUT2D eigenvalue weighted by Crippen LogP contribution is -2.24. The molecule has 8 heteroatoms. The van der Waals surface area contributed by atoms with E-state index in [-0.39, 0.29) is 24.0 Å². The second-order valence-corrected chi connectivity index (χ2v) is 8.51. The molecule has 0 aliphatic rings. The highest BCUT2D eigenvalue weighted by Gasteiger charge is 2.36. The van der Waals surface area contributed by atoms with Gasteiger partial charge in [-0.15, -0.1) is 0 Å². The van der Waals surface area contributed by atoms with Gasteiger partial charge in [-0.1, -0.05) is 32.5 Å². The SMILES string of the molecule is CC(C)CC[C@@H](CC(=S)Cc1cc(C(F)(F)F)cc(C(F)(F)F)c1)CN(C)C. The number of hydrogen-bond acceptors (Lipinski definition) is 2. The molecular formula is C20H27F6NS. The highest BCUT2D eigenvalue weighted by Crippen LogP contribution is 2.36. The summed E-state index contributed by atoms with van der Waals surface area (Å²) in [4.78, 5) is 2.49. The molecule has 1 atom stereocenters. The third-order valence-corrected chi connectivity index (χ3v) is 4.65. The van der Waals surface area contributed by atoms with Crippen LogP contribution in [-0.4, -0.2) is 30.4 Å². The van der Waals surface area contributed by atoms with Crippen molar-refractivity contribution in [3.63, 3.8) is 0 Å². The molecule has 0 aliphatic carbocycles. The minimum Gasteiger partial charge on any atom is -0.309 e. The third-order valence-electron chi connectivity index (χ3n) is 4.34. The molecule has 0 radical (unpaired) electrons. The molecule has 0 saturated heterocycles. The number of alkyl halides is 6. The number of thiocarbonyl (C=S) groups is 1. The summed E-state index contributed by atoms with van der Waals surface area (Å²) in [6, 6.07) is 1.66. The number of halogens is 6. The van der Waals surface area contributed by atoms with Crippen molar-refractivity contribution in [3.05, 3.63) is 34.9 Å². The third kappa shape index (κ3) is 8.90. The maximum atomic E-state index is 13.0. The molecule has 1 aromatic carbocycles. The Morgan fingerprint density at radius 3 is 1.82 bits per heavy atom. The van der Waals surface area contributed by atoms with Crippen LogP contribution in [0.4, 0.5) is 26.3 Å². The average molecular weight is 427 g/mol. The molecule has 0 unspecified atom stereocenters. The topological polar surface area (TPSA) is 3.24 Å². The number of nitrogens with zero attached hydrogens (tertiary/aromatic N) is 1. The van der Waals surface area contributed by atoms with Crippen LogP contribution in [-0.2, 0) is 18.8 Å². The van der Waals surface area contributed by atoms with Gasteiger partial charge in [-0.3, -0.25) is 0 Å². The molecule has 1 nitrogen and oxygen atoms in total. The average Bonchev–Trinajstić information content (AvgIpc) is 2.49. The van der Waals surface area contributed by atoms with Crippen LogP contribution in [0.25, 0.3) is 0 Å². The first-order valence-electron chi connectivity index (χ1n) is 9.13. The van der Waals surface area contributed by atoms with Crippen LogP contribution < -0.4 is 0 Å². The second-order valence-electron chi connectivity index (χ2n) is 7.93. The zero-order chi connectivity index (χ0) is 21.7. The molecule has 28 heavy (non-hydrogen) atoms. The lowest BCUT2D eigenvalue weighted by molar-refractivity contribution is -0.143. The van der Waals surface area contributed by atoms with E-state index in [1.165, 1.54) is 0 Å². The molecule has 0 spiro atoms. The van der Waals surface area contributed by atoms with Crippen molar-refractivity contribution >= 4 is 17.1 Å². The van der Waals surface area contributed by atoms with E-state index in [0.717, 1.165) is 31.5 Å². The molecule has 160 valence electrons. The van der Waals surface area contributed by atoms with E-state index >= 15 is 0 Å². The van der Waals surface area contributed by atoms with Crippen LogP contribution in [0.15, 0.2) is 18.2 Å². The van der Waals surface area contributed by atoms with Gasteiger partial charge in [0, 0.05) is 13.0 Å². The molecule has 0 saturated carbocycles. The zero-order valence-corrected chi connectivity index (χ0v) is 17.4. The molecular weight excluding hydrogens is 400 g/mol. The summed E-state index contributed by atoms with van der Waals surface area (Å²) in [6.07, 6.45) is -7.37. The van der Waals surface area contributed by atoms with Gasteiger partial charge in [0.2, 0.25) is 0 Å². The van der Waals surface area contributed by atoms with E-state index in [1.807, 2.05) is 19.0 Å². The predicted molar refractivity (Wildman–Crippen MR) is 103 cm³/mol. The van der Waals surface area contributed by atoms with Crippen molar-refractivity contribution in [3.8, 4) is 0 Å². The summed E-state index contributed by atoms with van der Waals surface area (Å²) >= 11 is 5.34. The van der Waals surface area contributed by atoms with Crippen molar-refractivity contribution in [1.82, 2.24) is 4.90 Å². The monoisotopic (exact) mass is 427 g/mol. The molecule has 0 fully saturated rings. The van der Waals surface area contributed by atoms with Gasteiger partial charge in [0.15, 0.2) is 0 Å². The fraction of sp³-hybridized carbons (Fsp3) is 0.650. The maximum absolute atomic E-state index is 13.0. The zero-order valence-electron chi connectivity index (χ0n) is 16.5. The van der Waals surface area contributed by atoms with Gasteiger partial charge in [-0.05, 0) is 67.4 Å². The first-order valence-corrected chi connectivity index (χ1v) is 9.54. The lowest BCUT2D eigenvalue weighted by atomic mass is 9.91. The molecule has 0 N–H and O–H groups in total. The van der Waals surface area contributed by atoms with Crippen molar-refractivity contribution in [2.75, 3.05) is 20.6 Å². The first-order chi connectivity index (χ1) is 12.7. The van der Waals surface area contributed by atoms with Crippen LogP contribution in [0.5, 0.6) is 0 Å². The Morgan fingerprint density at radius 1 is 0.929 bits per heavy atom. The molecule has 0 amide bonds. The molecule has 0 heterocycles. The highest BCUT2D eigenvalue weighted by molar-refractivity contribution is 7.80. The Kier molecular flexibility index (Phi) is 8.93. The Hall–Kier alpha value is -1.15. The summed E-state index contributed by atoms with van der Waals surface area (Å²) in [5.41, 5.74) is -2.66. The lowest BCUT2D eigenvalue weighted by Gasteiger charge is -2.22. The van der Waals surface area contributed by atoms with Gasteiger partial charge in [0.25, 0.3) is 0 Å². The normalized spacial score (nSPS) is 14.0. The van der Waals surface area contributed by atoms with Crippen LogP contribution in [0, 0.1) is 11.8 Å². The van der Waals surface area contributed by atoms with Crippen molar-refractivity contribution in [2.24, 2.45) is 11.8 Å². The quantitative estimate of drug-likeness (QED) is 0.321. The van der Waals surface area contributed by atoms with Crippen molar-refractivity contribution < 1.29 is 26.3 Å². The first kappa shape index (κ1) is 24.9. The van der Waals surface area contributed by atoms with Crippen molar-refractivity contribution in [2.45, 2.75) is 51.9 Å². The maximum Gasteiger partial charge on any atom is 0.416 e. The molecule has 1 aromatic rings. The van der Waals surface area contributed by atoms with E-state index in [1.54, 1.807) is 0 Å².